The van der Waals surface area contributed by atoms with Crippen LogP contribution in [0.25, 0.3) is 22.6 Å². The molecule has 1 heterocycles. The molecule has 9 heteroatoms. The second-order valence-corrected chi connectivity index (χ2v) is 11.0. The van der Waals surface area contributed by atoms with Crippen molar-refractivity contribution in [1.82, 2.24) is 14.5 Å². The fourth-order valence-corrected chi connectivity index (χ4v) is 5.40. The summed E-state index contributed by atoms with van der Waals surface area (Å²) >= 11 is 0. The van der Waals surface area contributed by atoms with E-state index >= 15 is 0 Å². The molecule has 0 N–H and O–H groups in total. The van der Waals surface area contributed by atoms with Gasteiger partial charge in [0.2, 0.25) is 0 Å². The average molecular weight is 628 g/mol. The predicted octanol–water partition coefficient (Wildman–Crippen LogP) is 8.90. The Morgan fingerprint density at radius 2 is 1.35 bits per heavy atom. The quantitative estimate of drug-likeness (QED) is 0.122. The molecule has 6 nitrogen and oxygen atoms in total. The molecule has 0 saturated carbocycles. The van der Waals surface area contributed by atoms with Crippen LogP contribution in [0.15, 0.2) is 109 Å². The Morgan fingerprint density at radius 1 is 0.783 bits per heavy atom. The van der Waals surface area contributed by atoms with Gasteiger partial charge in [-0.15, -0.1) is 13.2 Å². The van der Waals surface area contributed by atoms with Crippen LogP contribution in [0.5, 0.6) is 5.75 Å². The lowest BCUT2D eigenvalue weighted by molar-refractivity contribution is -0.274. The second kappa shape index (κ2) is 14.9. The normalized spacial score (nSPS) is 11.5. The minimum atomic E-state index is -4.76. The number of carbonyl (C=O) groups excluding carboxylic acids is 1. The van der Waals surface area contributed by atoms with Gasteiger partial charge in [0.25, 0.3) is 0 Å². The zero-order chi connectivity index (χ0) is 32.5. The van der Waals surface area contributed by atoms with Crippen molar-refractivity contribution in [2.75, 3.05) is 7.11 Å². The summed E-state index contributed by atoms with van der Waals surface area (Å²) in [6, 6.07) is 33.4. The number of imidazole rings is 1. The van der Waals surface area contributed by atoms with Gasteiger partial charge in [0.15, 0.2) is 0 Å². The molecule has 0 unspecified atom stereocenters. The van der Waals surface area contributed by atoms with E-state index in [9.17, 15) is 18.0 Å². The first kappa shape index (κ1) is 32.5. The van der Waals surface area contributed by atoms with Crippen molar-refractivity contribution in [2.45, 2.75) is 52.3 Å². The van der Waals surface area contributed by atoms with Gasteiger partial charge in [0, 0.05) is 37.3 Å². The number of alkyl halides is 3. The molecule has 0 fully saturated rings. The maximum absolute atomic E-state index is 12.8. The van der Waals surface area contributed by atoms with Crippen molar-refractivity contribution in [1.29, 1.82) is 0 Å². The highest BCUT2D eigenvalue weighted by atomic mass is 19.4. The average Bonchev–Trinajstić information content (AvgIpc) is 3.42. The number of aromatic nitrogens is 2. The Morgan fingerprint density at radius 3 is 1.89 bits per heavy atom. The first-order chi connectivity index (χ1) is 22.2. The molecule has 0 aliphatic carbocycles. The predicted molar refractivity (Wildman–Crippen MR) is 172 cm³/mol. The molecule has 0 atom stereocenters. The van der Waals surface area contributed by atoms with Gasteiger partial charge in [-0.25, -0.2) is 9.78 Å². The van der Waals surface area contributed by atoms with Crippen molar-refractivity contribution in [3.05, 3.63) is 132 Å². The van der Waals surface area contributed by atoms with E-state index in [0.29, 0.717) is 25.2 Å². The number of esters is 1. The van der Waals surface area contributed by atoms with E-state index in [1.807, 2.05) is 48.5 Å². The van der Waals surface area contributed by atoms with Crippen LogP contribution in [0, 0.1) is 0 Å². The molecule has 4 aromatic carbocycles. The first-order valence-electron chi connectivity index (χ1n) is 15.2. The molecule has 0 radical (unpaired) electrons. The van der Waals surface area contributed by atoms with Gasteiger partial charge in [-0.1, -0.05) is 98.3 Å². The summed E-state index contributed by atoms with van der Waals surface area (Å²) in [7, 11) is 1.35. The lowest BCUT2D eigenvalue weighted by Crippen LogP contribution is -2.25. The fourth-order valence-electron chi connectivity index (χ4n) is 5.40. The summed E-state index contributed by atoms with van der Waals surface area (Å²) in [6.07, 6.45) is -2.78. The molecule has 5 rings (SSSR count). The van der Waals surface area contributed by atoms with Crippen LogP contribution in [0.2, 0.25) is 0 Å². The van der Waals surface area contributed by atoms with Crippen LogP contribution in [0.4, 0.5) is 13.2 Å². The SMILES string of the molecule is CCCCn1c(-c2ccccc2)nc(-c2ccccc2)c1CN(Cc1ccc(OC(F)(F)F)cc1)Cc1ccc(C(=O)OC)cc1. The van der Waals surface area contributed by atoms with E-state index in [0.717, 1.165) is 58.9 Å². The number of ether oxygens (including phenoxy) is 2. The minimum absolute atomic E-state index is 0.266. The largest absolute Gasteiger partial charge is 0.573 e. The Balaban J connectivity index is 1.56. The molecule has 46 heavy (non-hydrogen) atoms. The third kappa shape index (κ3) is 8.43. The highest BCUT2D eigenvalue weighted by Gasteiger charge is 2.31. The third-order valence-corrected chi connectivity index (χ3v) is 7.60. The molecule has 238 valence electrons. The fraction of sp³-hybridized carbons (Fsp3) is 0.243. The molecule has 0 aliphatic rings. The van der Waals surface area contributed by atoms with Crippen molar-refractivity contribution in [3.63, 3.8) is 0 Å². The highest BCUT2D eigenvalue weighted by Crippen LogP contribution is 2.32. The van der Waals surface area contributed by atoms with Gasteiger partial charge in [0.1, 0.15) is 11.6 Å². The van der Waals surface area contributed by atoms with Crippen molar-refractivity contribution < 1.29 is 27.4 Å². The van der Waals surface area contributed by atoms with E-state index in [4.69, 9.17) is 9.72 Å². The van der Waals surface area contributed by atoms with Crippen LogP contribution in [0.1, 0.15) is 46.9 Å². The topological polar surface area (TPSA) is 56.6 Å². The van der Waals surface area contributed by atoms with Gasteiger partial charge in [-0.2, -0.15) is 0 Å². The molecule has 0 saturated heterocycles. The number of hydrogen-bond donors (Lipinski definition) is 0. The molecule has 0 spiro atoms. The first-order valence-corrected chi connectivity index (χ1v) is 15.2. The Hall–Kier alpha value is -4.89. The van der Waals surface area contributed by atoms with E-state index in [1.54, 1.807) is 24.3 Å². The molecule has 0 aliphatic heterocycles. The number of nitrogens with zero attached hydrogens (tertiary/aromatic N) is 3. The van der Waals surface area contributed by atoms with Crippen molar-refractivity contribution in [3.8, 4) is 28.4 Å². The van der Waals surface area contributed by atoms with Gasteiger partial charge in [0.05, 0.1) is 24.1 Å². The van der Waals surface area contributed by atoms with Gasteiger partial charge in [-0.3, -0.25) is 4.90 Å². The standard InChI is InChI=1S/C37H36F3N3O3/c1-3-4-23-43-33(34(29-11-7-5-8-12-29)41-35(43)30-13-9-6-10-14-30)26-42(24-27-15-19-31(20-16-27)36(44)45-2)25-28-17-21-32(22-18-28)46-37(38,39)40/h5-22H,3-4,23-26H2,1-2H3. The lowest BCUT2D eigenvalue weighted by atomic mass is 10.1. The number of rotatable bonds is 13. The Labute approximate surface area is 267 Å². The number of hydrogen-bond acceptors (Lipinski definition) is 5. The monoisotopic (exact) mass is 627 g/mol. The molecular formula is C37H36F3N3O3. The summed E-state index contributed by atoms with van der Waals surface area (Å²) < 4.78 is 49.6. The lowest BCUT2D eigenvalue weighted by Gasteiger charge is -2.25. The number of carbonyl (C=O) groups is 1. The maximum Gasteiger partial charge on any atom is 0.573 e. The molecule has 5 aromatic rings. The van der Waals surface area contributed by atoms with Crippen LogP contribution < -0.4 is 4.74 Å². The molecule has 0 amide bonds. The van der Waals surface area contributed by atoms with E-state index < -0.39 is 12.3 Å². The summed E-state index contributed by atoms with van der Waals surface area (Å²) in [4.78, 5) is 19.5. The van der Waals surface area contributed by atoms with Gasteiger partial charge < -0.3 is 14.0 Å². The van der Waals surface area contributed by atoms with Crippen molar-refractivity contribution in [2.24, 2.45) is 0 Å². The van der Waals surface area contributed by atoms with Crippen LogP contribution in [-0.2, 0) is 30.9 Å². The smallest absolute Gasteiger partial charge is 0.465 e. The van der Waals surface area contributed by atoms with Crippen LogP contribution >= 0.6 is 0 Å². The Kier molecular flexibility index (Phi) is 10.5. The number of unbranched alkanes of at least 4 members (excludes halogenated alkanes) is 1. The molecular weight excluding hydrogens is 591 g/mol. The number of halogens is 3. The molecule has 1 aromatic heterocycles. The summed E-state index contributed by atoms with van der Waals surface area (Å²) in [6.45, 7) is 4.40. The number of benzene rings is 4. The van der Waals surface area contributed by atoms with Crippen molar-refractivity contribution >= 4 is 5.97 Å². The van der Waals surface area contributed by atoms with Crippen LogP contribution in [0.3, 0.4) is 0 Å². The third-order valence-electron chi connectivity index (χ3n) is 7.60. The van der Waals surface area contributed by atoms with Crippen LogP contribution in [-0.4, -0.2) is 33.9 Å². The molecule has 0 bridgehead atoms. The van der Waals surface area contributed by atoms with E-state index in [-0.39, 0.29) is 5.75 Å². The van der Waals surface area contributed by atoms with E-state index in [1.165, 1.54) is 19.2 Å². The van der Waals surface area contributed by atoms with Gasteiger partial charge >= 0.3 is 12.3 Å². The Bertz CT molecular complexity index is 1700. The summed E-state index contributed by atoms with van der Waals surface area (Å²) in [5, 5.41) is 0. The van der Waals surface area contributed by atoms with Gasteiger partial charge in [-0.05, 0) is 41.8 Å². The minimum Gasteiger partial charge on any atom is -0.465 e. The summed E-state index contributed by atoms with van der Waals surface area (Å²) in [5.74, 6) is 0.210. The second-order valence-electron chi connectivity index (χ2n) is 11.0. The zero-order valence-electron chi connectivity index (χ0n) is 25.8. The summed E-state index contributed by atoms with van der Waals surface area (Å²) in [5.41, 5.74) is 6.19. The van der Waals surface area contributed by atoms with E-state index in [2.05, 4.69) is 45.4 Å². The maximum atomic E-state index is 12.8. The number of methoxy groups -OCH3 is 1. The zero-order valence-corrected chi connectivity index (χ0v) is 25.8. The highest BCUT2D eigenvalue weighted by molar-refractivity contribution is 5.89.